The summed E-state index contributed by atoms with van der Waals surface area (Å²) in [5.41, 5.74) is 3.01. The molecule has 5 heteroatoms. The third kappa shape index (κ3) is 3.85. The summed E-state index contributed by atoms with van der Waals surface area (Å²) in [6, 6.07) is 5.98. The van der Waals surface area contributed by atoms with E-state index in [0.29, 0.717) is 19.6 Å². The summed E-state index contributed by atoms with van der Waals surface area (Å²) >= 11 is 0. The number of Topliss-reactive ketones (excluding diaryl/α,β-unsaturated/α-hetero) is 1. The van der Waals surface area contributed by atoms with Gasteiger partial charge in [0.1, 0.15) is 0 Å². The van der Waals surface area contributed by atoms with Crippen LogP contribution in [-0.2, 0) is 0 Å². The van der Waals surface area contributed by atoms with E-state index in [2.05, 4.69) is 4.90 Å². The van der Waals surface area contributed by atoms with Crippen molar-refractivity contribution in [1.29, 1.82) is 0 Å². The van der Waals surface area contributed by atoms with E-state index >= 15 is 0 Å². The van der Waals surface area contributed by atoms with Crippen LogP contribution in [0.3, 0.4) is 0 Å². The van der Waals surface area contributed by atoms with E-state index in [0.717, 1.165) is 24.2 Å². The zero-order valence-electron chi connectivity index (χ0n) is 13.9. The van der Waals surface area contributed by atoms with Crippen LogP contribution in [0.15, 0.2) is 18.2 Å². The van der Waals surface area contributed by atoms with E-state index in [4.69, 9.17) is 0 Å². The molecule has 0 unspecified atom stereocenters. The maximum Gasteiger partial charge on any atom is 0.319 e. The highest BCUT2D eigenvalue weighted by Gasteiger charge is 2.23. The normalized spacial score (nSPS) is 15.7. The maximum atomic E-state index is 12.4. The number of carbonyl (C=O) groups is 2. The molecule has 120 valence electrons. The Morgan fingerprint density at radius 3 is 2.27 bits per heavy atom. The molecule has 22 heavy (non-hydrogen) atoms. The molecule has 1 heterocycles. The van der Waals surface area contributed by atoms with Gasteiger partial charge in [0.15, 0.2) is 5.78 Å². The van der Waals surface area contributed by atoms with Gasteiger partial charge in [-0.05, 0) is 19.4 Å². The van der Waals surface area contributed by atoms with Crippen molar-refractivity contribution >= 4 is 11.8 Å². The molecule has 2 rings (SSSR count). The highest BCUT2D eigenvalue weighted by Crippen LogP contribution is 2.13. The first-order valence-electron chi connectivity index (χ1n) is 7.67. The predicted molar refractivity (Wildman–Crippen MR) is 87.3 cm³/mol. The highest BCUT2D eigenvalue weighted by atomic mass is 16.2. The van der Waals surface area contributed by atoms with Gasteiger partial charge in [-0.15, -0.1) is 0 Å². The van der Waals surface area contributed by atoms with Gasteiger partial charge in [0, 0.05) is 45.8 Å². The number of rotatable bonds is 3. The quantitative estimate of drug-likeness (QED) is 0.800. The Hall–Kier alpha value is -1.88. The topological polar surface area (TPSA) is 43.9 Å². The summed E-state index contributed by atoms with van der Waals surface area (Å²) in [7, 11) is 3.52. The molecule has 2 amide bonds. The van der Waals surface area contributed by atoms with Crippen molar-refractivity contribution < 1.29 is 9.59 Å². The standard InChI is InChI=1S/C17H25N3O2/c1-13-5-6-15(14(2)11-13)16(21)12-19-7-9-20(10-8-19)17(22)18(3)4/h5-6,11H,7-10,12H2,1-4H3. The van der Waals surface area contributed by atoms with E-state index in [9.17, 15) is 9.59 Å². The van der Waals surface area contributed by atoms with Crippen molar-refractivity contribution in [2.24, 2.45) is 0 Å². The van der Waals surface area contributed by atoms with Crippen LogP contribution in [0, 0.1) is 13.8 Å². The lowest BCUT2D eigenvalue weighted by Gasteiger charge is -2.35. The third-order valence-electron chi connectivity index (χ3n) is 4.07. The summed E-state index contributed by atoms with van der Waals surface area (Å²) in [6.07, 6.45) is 0. The average molecular weight is 303 g/mol. The summed E-state index contributed by atoms with van der Waals surface area (Å²) in [6.45, 7) is 7.28. The van der Waals surface area contributed by atoms with E-state index in [1.807, 2.05) is 36.9 Å². The van der Waals surface area contributed by atoms with Gasteiger partial charge in [0.2, 0.25) is 0 Å². The van der Waals surface area contributed by atoms with Gasteiger partial charge in [-0.1, -0.05) is 23.8 Å². The van der Waals surface area contributed by atoms with Crippen LogP contribution in [0.1, 0.15) is 21.5 Å². The lowest BCUT2D eigenvalue weighted by atomic mass is 10.0. The zero-order valence-corrected chi connectivity index (χ0v) is 13.9. The van der Waals surface area contributed by atoms with Crippen molar-refractivity contribution in [1.82, 2.24) is 14.7 Å². The van der Waals surface area contributed by atoms with Crippen LogP contribution in [0.2, 0.25) is 0 Å². The SMILES string of the molecule is Cc1ccc(C(=O)CN2CCN(C(=O)N(C)C)CC2)c(C)c1. The third-order valence-corrected chi connectivity index (χ3v) is 4.07. The Labute approximate surface area is 132 Å². The number of urea groups is 1. The van der Waals surface area contributed by atoms with Gasteiger partial charge in [0.05, 0.1) is 6.54 Å². The molecule has 0 aromatic heterocycles. The Morgan fingerprint density at radius 1 is 1.09 bits per heavy atom. The Balaban J connectivity index is 1.90. The van der Waals surface area contributed by atoms with Crippen LogP contribution < -0.4 is 0 Å². The Kier molecular flexibility index (Phi) is 5.19. The minimum absolute atomic E-state index is 0.0420. The summed E-state index contributed by atoms with van der Waals surface area (Å²) in [4.78, 5) is 29.9. The van der Waals surface area contributed by atoms with E-state index in [1.165, 1.54) is 5.56 Å². The van der Waals surface area contributed by atoms with Crippen molar-refractivity contribution in [2.75, 3.05) is 46.8 Å². The number of hydrogen-bond donors (Lipinski definition) is 0. The molecule has 0 radical (unpaired) electrons. The Bertz CT molecular complexity index is 561. The lowest BCUT2D eigenvalue weighted by molar-refractivity contribution is 0.0863. The second-order valence-electron chi connectivity index (χ2n) is 6.18. The van der Waals surface area contributed by atoms with E-state index in [1.54, 1.807) is 19.0 Å². The molecule has 0 spiro atoms. The first-order chi connectivity index (χ1) is 10.4. The molecule has 0 aliphatic carbocycles. The predicted octanol–water partition coefficient (Wildman–Crippen LogP) is 1.79. The number of carbonyl (C=O) groups excluding carboxylic acids is 2. The summed E-state index contributed by atoms with van der Waals surface area (Å²) < 4.78 is 0. The lowest BCUT2D eigenvalue weighted by Crippen LogP contribution is -2.52. The number of piperazine rings is 1. The van der Waals surface area contributed by atoms with Crippen molar-refractivity contribution in [3.63, 3.8) is 0 Å². The molecule has 1 aliphatic heterocycles. The molecule has 1 aromatic rings. The summed E-state index contributed by atoms with van der Waals surface area (Å²) in [5, 5.41) is 0. The number of ketones is 1. The number of benzene rings is 1. The number of hydrogen-bond acceptors (Lipinski definition) is 3. The zero-order chi connectivity index (χ0) is 16.3. The minimum atomic E-state index is 0.0420. The summed E-state index contributed by atoms with van der Waals surface area (Å²) in [5.74, 6) is 0.157. The van der Waals surface area contributed by atoms with E-state index in [-0.39, 0.29) is 11.8 Å². The largest absolute Gasteiger partial charge is 0.331 e. The van der Waals surface area contributed by atoms with Crippen LogP contribution in [0.5, 0.6) is 0 Å². The van der Waals surface area contributed by atoms with Gasteiger partial charge in [-0.25, -0.2) is 4.79 Å². The number of nitrogens with zero attached hydrogens (tertiary/aromatic N) is 3. The van der Waals surface area contributed by atoms with Crippen LogP contribution in [0.25, 0.3) is 0 Å². The first-order valence-corrected chi connectivity index (χ1v) is 7.67. The molecule has 5 nitrogen and oxygen atoms in total. The molecule has 1 saturated heterocycles. The number of amides is 2. The fourth-order valence-electron chi connectivity index (χ4n) is 2.79. The van der Waals surface area contributed by atoms with Gasteiger partial charge >= 0.3 is 6.03 Å². The molecule has 0 atom stereocenters. The number of aryl methyl sites for hydroxylation is 2. The van der Waals surface area contributed by atoms with Gasteiger partial charge in [-0.3, -0.25) is 9.69 Å². The van der Waals surface area contributed by atoms with Crippen LogP contribution in [-0.4, -0.2) is 73.3 Å². The van der Waals surface area contributed by atoms with Gasteiger partial charge in [-0.2, -0.15) is 0 Å². The Morgan fingerprint density at radius 2 is 1.73 bits per heavy atom. The van der Waals surface area contributed by atoms with Crippen molar-refractivity contribution in [3.05, 3.63) is 34.9 Å². The van der Waals surface area contributed by atoms with E-state index < -0.39 is 0 Å². The second-order valence-corrected chi connectivity index (χ2v) is 6.18. The minimum Gasteiger partial charge on any atom is -0.331 e. The monoisotopic (exact) mass is 303 g/mol. The molecule has 1 fully saturated rings. The first kappa shape index (κ1) is 16.5. The fourth-order valence-corrected chi connectivity index (χ4v) is 2.79. The smallest absolute Gasteiger partial charge is 0.319 e. The molecular formula is C17H25N3O2. The maximum absolute atomic E-state index is 12.4. The molecule has 0 N–H and O–H groups in total. The molecule has 0 saturated carbocycles. The molecular weight excluding hydrogens is 278 g/mol. The molecule has 1 aliphatic rings. The van der Waals surface area contributed by atoms with Gasteiger partial charge in [0.25, 0.3) is 0 Å². The average Bonchev–Trinajstić information content (AvgIpc) is 2.47. The van der Waals surface area contributed by atoms with Crippen molar-refractivity contribution in [2.45, 2.75) is 13.8 Å². The van der Waals surface area contributed by atoms with Gasteiger partial charge < -0.3 is 9.80 Å². The fraction of sp³-hybridized carbons (Fsp3) is 0.529. The highest BCUT2D eigenvalue weighted by molar-refractivity contribution is 5.99. The van der Waals surface area contributed by atoms with Crippen LogP contribution in [0.4, 0.5) is 4.79 Å². The van der Waals surface area contributed by atoms with Crippen LogP contribution >= 0.6 is 0 Å². The molecule has 1 aromatic carbocycles. The second kappa shape index (κ2) is 6.92. The molecule has 0 bridgehead atoms. The van der Waals surface area contributed by atoms with Crippen molar-refractivity contribution in [3.8, 4) is 0 Å².